The Morgan fingerprint density at radius 3 is 2.45 bits per heavy atom. The summed E-state index contributed by atoms with van der Waals surface area (Å²) in [5.74, 6) is 0.0762. The van der Waals surface area contributed by atoms with E-state index in [1.165, 1.54) is 6.42 Å². The highest BCUT2D eigenvalue weighted by atomic mass is 16.2. The minimum absolute atomic E-state index is 0.0762. The van der Waals surface area contributed by atoms with Crippen molar-refractivity contribution in [3.05, 3.63) is 65.9 Å². The first-order valence-corrected chi connectivity index (χ1v) is 10.2. The number of hydrogen-bond acceptors (Lipinski definition) is 3. The predicted molar refractivity (Wildman–Crippen MR) is 116 cm³/mol. The largest absolute Gasteiger partial charge is 0.345 e. The Morgan fingerprint density at radius 2 is 1.72 bits per heavy atom. The first-order chi connectivity index (χ1) is 14.2. The van der Waals surface area contributed by atoms with Gasteiger partial charge in [0.15, 0.2) is 0 Å². The maximum Gasteiger partial charge on any atom is 0.241 e. The molecule has 1 fully saturated rings. The van der Waals surface area contributed by atoms with Crippen LogP contribution in [0.5, 0.6) is 0 Å². The van der Waals surface area contributed by atoms with E-state index < -0.39 is 0 Å². The monoisotopic (exact) mass is 386 g/mol. The van der Waals surface area contributed by atoms with Crippen LogP contribution >= 0.6 is 0 Å². The fourth-order valence-electron chi connectivity index (χ4n) is 4.23. The molecule has 2 aromatic carbocycles. The number of fused-ring (bicyclic) bond motifs is 1. The van der Waals surface area contributed by atoms with Gasteiger partial charge in [-0.1, -0.05) is 42.8 Å². The number of carbonyl (C=O) groups is 1. The van der Waals surface area contributed by atoms with Crippen molar-refractivity contribution >= 4 is 22.5 Å². The van der Waals surface area contributed by atoms with Gasteiger partial charge in [-0.3, -0.25) is 9.69 Å². The highest BCUT2D eigenvalue weighted by molar-refractivity contribution is 5.95. The number of para-hydroxylation sites is 2. The van der Waals surface area contributed by atoms with E-state index in [9.17, 15) is 10.1 Å². The number of nitrogens with zero attached hydrogens (tertiary/aromatic N) is 4. The highest BCUT2D eigenvalue weighted by Gasteiger charge is 2.24. The molecule has 1 saturated heterocycles. The molecule has 2 heterocycles. The molecule has 0 radical (unpaired) electrons. The van der Waals surface area contributed by atoms with E-state index in [0.29, 0.717) is 18.7 Å². The first-order valence-electron chi connectivity index (χ1n) is 10.2. The smallest absolute Gasteiger partial charge is 0.241 e. The van der Waals surface area contributed by atoms with Crippen LogP contribution in [0.25, 0.3) is 10.9 Å². The summed E-state index contributed by atoms with van der Waals surface area (Å²) in [6.45, 7) is 2.75. The standard InChI is InChI=1S/C24H26N4O/c1-26-22-13-7-6-12-20(22)21(16-25)23(26)17-28(19-10-4-2-5-11-19)24(29)18-27-14-8-3-9-15-27/h2,4-7,10-13H,3,8-9,14-15,17-18H2,1H3. The second-order valence-corrected chi connectivity index (χ2v) is 7.66. The number of hydrogen-bond donors (Lipinski definition) is 0. The molecule has 1 aliphatic heterocycles. The molecule has 1 aromatic heterocycles. The number of carbonyl (C=O) groups excluding carboxylic acids is 1. The highest BCUT2D eigenvalue weighted by Crippen LogP contribution is 2.27. The molecular formula is C24H26N4O. The summed E-state index contributed by atoms with van der Waals surface area (Å²) in [4.78, 5) is 17.4. The van der Waals surface area contributed by atoms with Crippen LogP contribution in [-0.2, 0) is 18.4 Å². The van der Waals surface area contributed by atoms with E-state index in [-0.39, 0.29) is 5.91 Å². The lowest BCUT2D eigenvalue weighted by molar-refractivity contribution is -0.120. The van der Waals surface area contributed by atoms with E-state index in [4.69, 9.17) is 0 Å². The van der Waals surface area contributed by atoms with Gasteiger partial charge in [-0.25, -0.2) is 0 Å². The Labute approximate surface area is 171 Å². The normalized spacial score (nSPS) is 14.6. The number of amides is 1. The van der Waals surface area contributed by atoms with E-state index >= 15 is 0 Å². The number of aryl methyl sites for hydroxylation is 1. The Hall–Kier alpha value is -3.10. The third-order valence-electron chi connectivity index (χ3n) is 5.82. The Morgan fingerprint density at radius 1 is 1.03 bits per heavy atom. The minimum Gasteiger partial charge on any atom is -0.345 e. The van der Waals surface area contributed by atoms with Gasteiger partial charge in [-0.2, -0.15) is 5.26 Å². The molecule has 0 saturated carbocycles. The van der Waals surface area contributed by atoms with Crippen molar-refractivity contribution in [2.45, 2.75) is 25.8 Å². The average Bonchev–Trinajstić information content (AvgIpc) is 3.04. The minimum atomic E-state index is 0.0762. The number of piperidine rings is 1. The van der Waals surface area contributed by atoms with Crippen molar-refractivity contribution in [3.8, 4) is 6.07 Å². The molecular weight excluding hydrogens is 360 g/mol. The van der Waals surface area contributed by atoms with Gasteiger partial charge in [0.2, 0.25) is 5.91 Å². The van der Waals surface area contributed by atoms with Crippen LogP contribution < -0.4 is 4.90 Å². The predicted octanol–water partition coefficient (Wildman–Crippen LogP) is 4.07. The lowest BCUT2D eigenvalue weighted by Crippen LogP contribution is -2.42. The molecule has 0 unspecified atom stereocenters. The lowest BCUT2D eigenvalue weighted by Gasteiger charge is -2.30. The Balaban J connectivity index is 1.69. The van der Waals surface area contributed by atoms with Gasteiger partial charge >= 0.3 is 0 Å². The second-order valence-electron chi connectivity index (χ2n) is 7.66. The van der Waals surface area contributed by atoms with Crippen molar-refractivity contribution in [1.29, 1.82) is 5.26 Å². The van der Waals surface area contributed by atoms with Gasteiger partial charge in [0.1, 0.15) is 6.07 Å². The number of rotatable bonds is 5. The summed E-state index contributed by atoms with van der Waals surface area (Å²) < 4.78 is 2.04. The maximum absolute atomic E-state index is 13.3. The summed E-state index contributed by atoms with van der Waals surface area (Å²) in [5, 5.41) is 10.8. The Kier molecular flexibility index (Phi) is 5.64. The fourth-order valence-corrected chi connectivity index (χ4v) is 4.23. The Bertz CT molecular complexity index is 1040. The SMILES string of the molecule is Cn1c(CN(C(=O)CN2CCCCC2)c2ccccc2)c(C#N)c2ccccc21. The summed E-state index contributed by atoms with van der Waals surface area (Å²) in [6.07, 6.45) is 3.55. The number of aromatic nitrogens is 1. The van der Waals surface area contributed by atoms with Crippen molar-refractivity contribution in [2.75, 3.05) is 24.5 Å². The van der Waals surface area contributed by atoms with Crippen molar-refractivity contribution in [2.24, 2.45) is 7.05 Å². The molecule has 3 aromatic rings. The molecule has 5 heteroatoms. The average molecular weight is 386 g/mol. The number of anilines is 1. The van der Waals surface area contributed by atoms with Crippen molar-refractivity contribution in [3.63, 3.8) is 0 Å². The molecule has 0 atom stereocenters. The zero-order valence-corrected chi connectivity index (χ0v) is 16.8. The van der Waals surface area contributed by atoms with Crippen LogP contribution in [0.15, 0.2) is 54.6 Å². The lowest BCUT2D eigenvalue weighted by atomic mass is 10.1. The molecule has 148 valence electrons. The fraction of sp³-hybridized carbons (Fsp3) is 0.333. The zero-order chi connectivity index (χ0) is 20.2. The number of likely N-dealkylation sites (tertiary alicyclic amines) is 1. The van der Waals surface area contributed by atoms with Gasteiger partial charge in [0.05, 0.1) is 24.3 Å². The molecule has 1 aliphatic rings. The second kappa shape index (κ2) is 8.50. The van der Waals surface area contributed by atoms with Gasteiger partial charge in [0, 0.05) is 23.6 Å². The van der Waals surface area contributed by atoms with Crippen LogP contribution in [0.4, 0.5) is 5.69 Å². The van der Waals surface area contributed by atoms with E-state index in [1.54, 1.807) is 0 Å². The zero-order valence-electron chi connectivity index (χ0n) is 16.8. The molecule has 0 N–H and O–H groups in total. The molecule has 29 heavy (non-hydrogen) atoms. The van der Waals surface area contributed by atoms with E-state index in [1.807, 2.05) is 71.1 Å². The van der Waals surface area contributed by atoms with Crippen LogP contribution in [0.1, 0.15) is 30.5 Å². The summed E-state index contributed by atoms with van der Waals surface area (Å²) in [7, 11) is 1.97. The van der Waals surface area contributed by atoms with Crippen LogP contribution in [0, 0.1) is 11.3 Å². The van der Waals surface area contributed by atoms with Gasteiger partial charge in [-0.05, 0) is 44.1 Å². The van der Waals surface area contributed by atoms with Crippen molar-refractivity contribution in [1.82, 2.24) is 9.47 Å². The third kappa shape index (κ3) is 3.90. The number of benzene rings is 2. The summed E-state index contributed by atoms with van der Waals surface area (Å²) in [5.41, 5.74) is 3.39. The summed E-state index contributed by atoms with van der Waals surface area (Å²) in [6, 6.07) is 20.0. The number of nitriles is 1. The first kappa shape index (κ1) is 19.2. The maximum atomic E-state index is 13.3. The molecule has 4 rings (SSSR count). The molecule has 0 aliphatic carbocycles. The molecule has 0 spiro atoms. The van der Waals surface area contributed by atoms with Gasteiger partial charge in [-0.15, -0.1) is 0 Å². The third-order valence-corrected chi connectivity index (χ3v) is 5.82. The van der Waals surface area contributed by atoms with Crippen LogP contribution in [0.3, 0.4) is 0 Å². The van der Waals surface area contributed by atoms with Crippen LogP contribution in [0.2, 0.25) is 0 Å². The molecule has 5 nitrogen and oxygen atoms in total. The van der Waals surface area contributed by atoms with Crippen molar-refractivity contribution < 1.29 is 4.79 Å². The van der Waals surface area contributed by atoms with Gasteiger partial charge < -0.3 is 9.47 Å². The molecule has 1 amide bonds. The van der Waals surface area contributed by atoms with E-state index in [2.05, 4.69) is 11.0 Å². The molecule has 0 bridgehead atoms. The van der Waals surface area contributed by atoms with E-state index in [0.717, 1.165) is 48.2 Å². The summed E-state index contributed by atoms with van der Waals surface area (Å²) >= 11 is 0. The quantitative estimate of drug-likeness (QED) is 0.664. The van der Waals surface area contributed by atoms with Crippen LogP contribution in [-0.4, -0.2) is 35.0 Å². The van der Waals surface area contributed by atoms with Gasteiger partial charge in [0.25, 0.3) is 0 Å². The topological polar surface area (TPSA) is 52.3 Å².